The molecule has 78 valence electrons. The van der Waals surface area contributed by atoms with Gasteiger partial charge >= 0.3 is 0 Å². The number of aromatic nitrogens is 1. The Balaban J connectivity index is 2.00. The molecule has 1 fully saturated rings. The number of hydrogen-bond donors (Lipinski definition) is 1. The van der Waals surface area contributed by atoms with Crippen LogP contribution in [0, 0.1) is 0 Å². The third kappa shape index (κ3) is 2.13. The molecule has 0 spiro atoms. The second kappa shape index (κ2) is 4.38. The van der Waals surface area contributed by atoms with Crippen molar-refractivity contribution >= 4 is 11.3 Å². The Morgan fingerprint density at radius 1 is 1.71 bits per heavy atom. The number of hydrogen-bond acceptors (Lipinski definition) is 4. The second-order valence-electron chi connectivity index (χ2n) is 3.94. The van der Waals surface area contributed by atoms with Gasteiger partial charge in [-0.15, -0.1) is 11.3 Å². The van der Waals surface area contributed by atoms with E-state index in [0.29, 0.717) is 12.1 Å². The van der Waals surface area contributed by atoms with Crippen molar-refractivity contribution in [1.82, 2.24) is 9.88 Å². The summed E-state index contributed by atoms with van der Waals surface area (Å²) in [5.74, 6) is 0. The Kier molecular flexibility index (Phi) is 3.15. The molecule has 0 unspecified atom stereocenters. The largest absolute Gasteiger partial charge is 0.327 e. The van der Waals surface area contributed by atoms with Crippen LogP contribution < -0.4 is 5.73 Å². The van der Waals surface area contributed by atoms with Gasteiger partial charge in [-0.2, -0.15) is 0 Å². The Hall–Kier alpha value is -0.450. The van der Waals surface area contributed by atoms with Crippen molar-refractivity contribution in [3.05, 3.63) is 16.6 Å². The maximum Gasteiger partial charge on any atom is 0.109 e. The minimum Gasteiger partial charge on any atom is -0.327 e. The normalized spacial score (nSPS) is 26.3. The molecule has 0 bridgehead atoms. The summed E-state index contributed by atoms with van der Waals surface area (Å²) in [7, 11) is 0. The highest BCUT2D eigenvalue weighted by Crippen LogP contribution is 2.24. The van der Waals surface area contributed by atoms with Crippen molar-refractivity contribution in [3.63, 3.8) is 0 Å². The standard InChI is InChI=1S/C10H17N3S/c1-8(10-12-4-6-14-10)13-5-2-3-9(11)7-13/h4,6,8-9H,2-3,5,7,11H2,1H3/t8-,9-/m1/s1. The molecule has 14 heavy (non-hydrogen) atoms. The molecule has 1 saturated heterocycles. The maximum atomic E-state index is 5.96. The van der Waals surface area contributed by atoms with E-state index >= 15 is 0 Å². The molecule has 1 aromatic heterocycles. The van der Waals surface area contributed by atoms with Crippen LogP contribution in [0.3, 0.4) is 0 Å². The minimum absolute atomic E-state index is 0.353. The van der Waals surface area contributed by atoms with E-state index in [2.05, 4.69) is 16.8 Å². The number of likely N-dealkylation sites (tertiary alicyclic amines) is 1. The predicted molar refractivity (Wildman–Crippen MR) is 59.3 cm³/mol. The summed E-state index contributed by atoms with van der Waals surface area (Å²) in [5.41, 5.74) is 5.96. The molecule has 2 atom stereocenters. The maximum absolute atomic E-state index is 5.96. The molecule has 0 aliphatic carbocycles. The van der Waals surface area contributed by atoms with Crippen LogP contribution in [0.15, 0.2) is 11.6 Å². The van der Waals surface area contributed by atoms with Crippen molar-refractivity contribution in [3.8, 4) is 0 Å². The zero-order valence-corrected chi connectivity index (χ0v) is 9.33. The number of nitrogens with two attached hydrogens (primary N) is 1. The Morgan fingerprint density at radius 3 is 3.21 bits per heavy atom. The average Bonchev–Trinajstić information content (AvgIpc) is 2.69. The summed E-state index contributed by atoms with van der Waals surface area (Å²) in [6.45, 7) is 4.39. The third-order valence-electron chi connectivity index (χ3n) is 2.85. The summed E-state index contributed by atoms with van der Waals surface area (Å²) in [4.78, 5) is 6.79. The molecular weight excluding hydrogens is 194 g/mol. The van der Waals surface area contributed by atoms with Gasteiger partial charge in [0, 0.05) is 24.2 Å². The Labute approximate surface area is 88.9 Å². The lowest BCUT2D eigenvalue weighted by Gasteiger charge is -2.34. The molecule has 1 aliphatic heterocycles. The van der Waals surface area contributed by atoms with Crippen molar-refractivity contribution < 1.29 is 0 Å². The molecule has 3 nitrogen and oxygen atoms in total. The van der Waals surface area contributed by atoms with Crippen LogP contribution in [-0.2, 0) is 0 Å². The summed E-state index contributed by atoms with van der Waals surface area (Å²) in [6.07, 6.45) is 4.26. The molecule has 2 N–H and O–H groups in total. The Bertz CT molecular complexity index is 273. The van der Waals surface area contributed by atoms with E-state index in [1.54, 1.807) is 11.3 Å². The van der Waals surface area contributed by atoms with Gasteiger partial charge in [0.1, 0.15) is 5.01 Å². The monoisotopic (exact) mass is 211 g/mol. The van der Waals surface area contributed by atoms with E-state index in [-0.39, 0.29) is 0 Å². The zero-order valence-electron chi connectivity index (χ0n) is 8.52. The van der Waals surface area contributed by atoms with Gasteiger partial charge in [0.25, 0.3) is 0 Å². The molecule has 4 heteroatoms. The van der Waals surface area contributed by atoms with E-state index in [1.165, 1.54) is 17.8 Å². The quantitative estimate of drug-likeness (QED) is 0.808. The molecular formula is C10H17N3S. The minimum atomic E-state index is 0.353. The SMILES string of the molecule is C[C@H](c1nccs1)N1CCC[C@@H](N)C1. The van der Waals surface area contributed by atoms with Gasteiger partial charge in [-0.25, -0.2) is 4.98 Å². The van der Waals surface area contributed by atoms with Gasteiger partial charge in [0.05, 0.1) is 6.04 Å². The van der Waals surface area contributed by atoms with Gasteiger partial charge < -0.3 is 5.73 Å². The fourth-order valence-electron chi connectivity index (χ4n) is 1.99. The third-order valence-corrected chi connectivity index (χ3v) is 3.79. The van der Waals surface area contributed by atoms with Crippen LogP contribution in [-0.4, -0.2) is 29.0 Å². The highest BCUT2D eigenvalue weighted by molar-refractivity contribution is 7.09. The first-order chi connectivity index (χ1) is 6.77. The predicted octanol–water partition coefficient (Wildman–Crippen LogP) is 1.63. The first-order valence-electron chi connectivity index (χ1n) is 5.16. The topological polar surface area (TPSA) is 42.2 Å². The van der Waals surface area contributed by atoms with Crippen LogP contribution in [0.1, 0.15) is 30.8 Å². The van der Waals surface area contributed by atoms with E-state index in [0.717, 1.165) is 13.1 Å². The van der Waals surface area contributed by atoms with Crippen LogP contribution in [0.5, 0.6) is 0 Å². The van der Waals surface area contributed by atoms with Crippen molar-refractivity contribution in [2.24, 2.45) is 5.73 Å². The highest BCUT2D eigenvalue weighted by Gasteiger charge is 2.23. The number of piperidine rings is 1. The van der Waals surface area contributed by atoms with Crippen molar-refractivity contribution in [1.29, 1.82) is 0 Å². The summed E-state index contributed by atoms with van der Waals surface area (Å²) >= 11 is 1.73. The first kappa shape index (κ1) is 10.1. The summed E-state index contributed by atoms with van der Waals surface area (Å²) in [6, 6.07) is 0.785. The van der Waals surface area contributed by atoms with Crippen LogP contribution >= 0.6 is 11.3 Å². The fourth-order valence-corrected chi connectivity index (χ4v) is 2.72. The molecule has 0 radical (unpaired) electrons. The van der Waals surface area contributed by atoms with Gasteiger partial charge in [0.15, 0.2) is 0 Å². The van der Waals surface area contributed by atoms with E-state index in [4.69, 9.17) is 5.73 Å². The average molecular weight is 211 g/mol. The molecule has 0 aromatic carbocycles. The smallest absolute Gasteiger partial charge is 0.109 e. The lowest BCUT2D eigenvalue weighted by Crippen LogP contribution is -2.43. The van der Waals surface area contributed by atoms with Crippen molar-refractivity contribution in [2.75, 3.05) is 13.1 Å². The van der Waals surface area contributed by atoms with E-state index in [9.17, 15) is 0 Å². The van der Waals surface area contributed by atoms with Gasteiger partial charge in [0.2, 0.25) is 0 Å². The molecule has 1 aliphatic rings. The molecule has 0 amide bonds. The molecule has 2 heterocycles. The Morgan fingerprint density at radius 2 is 2.57 bits per heavy atom. The van der Waals surface area contributed by atoms with Crippen LogP contribution in [0.4, 0.5) is 0 Å². The van der Waals surface area contributed by atoms with E-state index in [1.807, 2.05) is 11.6 Å². The van der Waals surface area contributed by atoms with Crippen molar-refractivity contribution in [2.45, 2.75) is 31.8 Å². The second-order valence-corrected chi connectivity index (χ2v) is 4.87. The number of rotatable bonds is 2. The van der Waals surface area contributed by atoms with E-state index < -0.39 is 0 Å². The van der Waals surface area contributed by atoms with Gasteiger partial charge in [-0.3, -0.25) is 4.90 Å². The molecule has 2 rings (SSSR count). The molecule has 0 saturated carbocycles. The zero-order chi connectivity index (χ0) is 9.97. The lowest BCUT2D eigenvalue weighted by molar-refractivity contribution is 0.159. The molecule has 1 aromatic rings. The lowest BCUT2D eigenvalue weighted by atomic mass is 10.1. The number of nitrogens with zero attached hydrogens (tertiary/aromatic N) is 2. The van der Waals surface area contributed by atoms with Crippen LogP contribution in [0.2, 0.25) is 0 Å². The summed E-state index contributed by atoms with van der Waals surface area (Å²) in [5, 5.41) is 3.24. The van der Waals surface area contributed by atoms with Gasteiger partial charge in [-0.1, -0.05) is 0 Å². The first-order valence-corrected chi connectivity index (χ1v) is 6.04. The fraction of sp³-hybridized carbons (Fsp3) is 0.700. The summed E-state index contributed by atoms with van der Waals surface area (Å²) < 4.78 is 0. The van der Waals surface area contributed by atoms with Gasteiger partial charge in [-0.05, 0) is 26.3 Å². The highest BCUT2D eigenvalue weighted by atomic mass is 32.1. The number of thiazole rings is 1. The van der Waals surface area contributed by atoms with Crippen LogP contribution in [0.25, 0.3) is 0 Å².